The summed E-state index contributed by atoms with van der Waals surface area (Å²) in [6.07, 6.45) is 2.24. The Hall–Kier alpha value is -2.67. The van der Waals surface area contributed by atoms with Gasteiger partial charge in [-0.1, -0.05) is 12.1 Å². The van der Waals surface area contributed by atoms with Crippen LogP contribution >= 0.6 is 0 Å². The van der Waals surface area contributed by atoms with Crippen molar-refractivity contribution in [2.75, 3.05) is 38.1 Å². The second-order valence-corrected chi connectivity index (χ2v) is 11.9. The lowest BCUT2D eigenvalue weighted by atomic mass is 10.0. The van der Waals surface area contributed by atoms with Gasteiger partial charge >= 0.3 is 0 Å². The molecule has 0 saturated carbocycles. The molecule has 0 radical (unpaired) electrons. The standard InChI is InChI=1S/C27H42N4O7S/c1-17-15-31(18(2)16-32)27(33)23-13-22(30-39(34,35)26-20(4)29-38-21(26)5)10-11-24(23)37-19(3)9-7-8-12-36-25(17)14-28-6/h10-11,13,17-19,25,28,30,32H,7-9,12,14-16H2,1-6H3/t17-,18-,19-,25+/m1/s1. The minimum absolute atomic E-state index is 0.0390. The zero-order valence-corrected chi connectivity index (χ0v) is 24.5. The van der Waals surface area contributed by atoms with Crippen molar-refractivity contribution in [3.05, 3.63) is 35.2 Å². The second kappa shape index (κ2) is 13.6. The van der Waals surface area contributed by atoms with Crippen LogP contribution in [0.1, 0.15) is 61.8 Å². The highest BCUT2D eigenvalue weighted by atomic mass is 32.2. The third-order valence-corrected chi connectivity index (χ3v) is 8.57. The van der Waals surface area contributed by atoms with E-state index in [9.17, 15) is 18.3 Å². The van der Waals surface area contributed by atoms with Crippen LogP contribution in [0.2, 0.25) is 0 Å². The zero-order chi connectivity index (χ0) is 28.7. The molecule has 12 heteroatoms. The van der Waals surface area contributed by atoms with E-state index in [1.165, 1.54) is 13.0 Å². The largest absolute Gasteiger partial charge is 0.490 e. The Labute approximate surface area is 231 Å². The van der Waals surface area contributed by atoms with Gasteiger partial charge in [-0.05, 0) is 72.2 Å². The summed E-state index contributed by atoms with van der Waals surface area (Å²) in [5, 5.41) is 16.9. The Balaban J connectivity index is 2.04. The number of fused-ring (bicyclic) bond motifs is 1. The maximum absolute atomic E-state index is 14.1. The van der Waals surface area contributed by atoms with E-state index >= 15 is 0 Å². The smallest absolute Gasteiger partial charge is 0.267 e. The molecule has 1 amide bonds. The first kappa shape index (κ1) is 30.9. The average molecular weight is 567 g/mol. The topological polar surface area (TPSA) is 143 Å². The van der Waals surface area contributed by atoms with Gasteiger partial charge < -0.3 is 29.3 Å². The van der Waals surface area contributed by atoms with Gasteiger partial charge in [0.1, 0.15) is 11.4 Å². The van der Waals surface area contributed by atoms with Crippen LogP contribution in [0.4, 0.5) is 5.69 Å². The van der Waals surface area contributed by atoms with E-state index in [0.29, 0.717) is 25.4 Å². The first-order valence-electron chi connectivity index (χ1n) is 13.4. The number of aliphatic hydroxyl groups is 1. The molecule has 0 fully saturated rings. The van der Waals surface area contributed by atoms with Crippen LogP contribution in [-0.4, -0.2) is 81.1 Å². The monoisotopic (exact) mass is 566 g/mol. The Kier molecular flexibility index (Phi) is 10.8. The van der Waals surface area contributed by atoms with Gasteiger partial charge in [0.15, 0.2) is 10.7 Å². The van der Waals surface area contributed by atoms with Gasteiger partial charge in [-0.2, -0.15) is 0 Å². The normalized spacial score (nSPS) is 22.5. The molecule has 0 bridgehead atoms. The predicted molar refractivity (Wildman–Crippen MR) is 148 cm³/mol. The summed E-state index contributed by atoms with van der Waals surface area (Å²) in [6, 6.07) is 4.17. The number of carbonyl (C=O) groups excluding carboxylic acids is 1. The minimum Gasteiger partial charge on any atom is -0.490 e. The molecule has 0 spiro atoms. The molecule has 1 aromatic carbocycles. The van der Waals surface area contributed by atoms with Crippen molar-refractivity contribution in [1.29, 1.82) is 0 Å². The van der Waals surface area contributed by atoms with Crippen molar-refractivity contribution >= 4 is 21.6 Å². The quantitative estimate of drug-likeness (QED) is 0.461. The highest BCUT2D eigenvalue weighted by Gasteiger charge is 2.30. The first-order chi connectivity index (χ1) is 18.5. The summed E-state index contributed by atoms with van der Waals surface area (Å²) in [4.78, 5) is 15.6. The Morgan fingerprint density at radius 2 is 1.97 bits per heavy atom. The van der Waals surface area contributed by atoms with E-state index in [-0.39, 0.29) is 58.2 Å². The molecule has 3 N–H and O–H groups in total. The highest BCUT2D eigenvalue weighted by Crippen LogP contribution is 2.30. The van der Waals surface area contributed by atoms with E-state index in [1.807, 2.05) is 20.9 Å². The number of aryl methyl sites for hydroxylation is 2. The van der Waals surface area contributed by atoms with Crippen LogP contribution in [0.5, 0.6) is 5.75 Å². The van der Waals surface area contributed by atoms with Crippen molar-refractivity contribution in [2.45, 2.75) is 77.0 Å². The second-order valence-electron chi connectivity index (χ2n) is 10.3. The summed E-state index contributed by atoms with van der Waals surface area (Å²) in [7, 11) is -2.17. The van der Waals surface area contributed by atoms with Gasteiger partial charge in [0.2, 0.25) is 0 Å². The maximum atomic E-state index is 14.1. The first-order valence-corrected chi connectivity index (χ1v) is 14.9. The number of ether oxygens (including phenoxy) is 2. The number of amides is 1. The van der Waals surface area contributed by atoms with E-state index in [0.717, 1.165) is 19.3 Å². The molecular formula is C27H42N4O7S. The number of benzene rings is 1. The van der Waals surface area contributed by atoms with Gasteiger partial charge in [-0.25, -0.2) is 8.42 Å². The van der Waals surface area contributed by atoms with Crippen LogP contribution in [0.25, 0.3) is 0 Å². The van der Waals surface area contributed by atoms with E-state index in [1.54, 1.807) is 30.9 Å². The lowest BCUT2D eigenvalue weighted by Gasteiger charge is -2.34. The number of aromatic nitrogens is 1. The maximum Gasteiger partial charge on any atom is 0.267 e. The minimum atomic E-state index is -4.03. The summed E-state index contributed by atoms with van der Waals surface area (Å²) >= 11 is 0. The van der Waals surface area contributed by atoms with Gasteiger partial charge in [-0.15, -0.1) is 0 Å². The molecule has 11 nitrogen and oxygen atoms in total. The summed E-state index contributed by atoms with van der Waals surface area (Å²) in [5.74, 6) is 0.115. The number of nitrogens with zero attached hydrogens (tertiary/aromatic N) is 2. The van der Waals surface area contributed by atoms with E-state index in [2.05, 4.69) is 15.2 Å². The van der Waals surface area contributed by atoms with Crippen LogP contribution < -0.4 is 14.8 Å². The van der Waals surface area contributed by atoms with Crippen molar-refractivity contribution < 1.29 is 32.3 Å². The number of likely N-dealkylation sites (N-methyl/N-ethyl adjacent to an activating group) is 1. The van der Waals surface area contributed by atoms with Gasteiger partial charge in [-0.3, -0.25) is 9.52 Å². The molecule has 1 aliphatic heterocycles. The molecule has 0 saturated heterocycles. The molecule has 4 atom stereocenters. The van der Waals surface area contributed by atoms with Gasteiger partial charge in [0, 0.05) is 31.3 Å². The number of rotatable bonds is 7. The van der Waals surface area contributed by atoms with Crippen molar-refractivity contribution in [3.63, 3.8) is 0 Å². The Bertz CT molecular complexity index is 1200. The molecule has 0 unspecified atom stereocenters. The van der Waals surface area contributed by atoms with E-state index < -0.39 is 16.1 Å². The van der Waals surface area contributed by atoms with Crippen molar-refractivity contribution in [1.82, 2.24) is 15.4 Å². The predicted octanol–water partition coefficient (Wildman–Crippen LogP) is 3.11. The number of nitrogens with one attached hydrogen (secondary N) is 2. The molecule has 1 aromatic heterocycles. The number of hydrogen-bond donors (Lipinski definition) is 3. The van der Waals surface area contributed by atoms with Crippen LogP contribution in [0, 0.1) is 19.8 Å². The van der Waals surface area contributed by atoms with E-state index in [4.69, 9.17) is 14.0 Å². The number of aliphatic hydroxyl groups excluding tert-OH is 1. The summed E-state index contributed by atoms with van der Waals surface area (Å²) in [5.41, 5.74) is 0.638. The number of hydrogen-bond acceptors (Lipinski definition) is 9. The summed E-state index contributed by atoms with van der Waals surface area (Å²) < 4.78 is 46.3. The Morgan fingerprint density at radius 3 is 2.62 bits per heavy atom. The van der Waals surface area contributed by atoms with Gasteiger partial charge in [0.25, 0.3) is 15.9 Å². The number of carbonyl (C=O) groups is 1. The molecule has 1 aliphatic rings. The molecule has 0 aliphatic carbocycles. The third-order valence-electron chi connectivity index (χ3n) is 6.95. The molecular weight excluding hydrogens is 524 g/mol. The third kappa shape index (κ3) is 7.71. The fourth-order valence-corrected chi connectivity index (χ4v) is 6.12. The lowest BCUT2D eigenvalue weighted by Crippen LogP contribution is -2.47. The molecule has 218 valence electrons. The number of anilines is 1. The molecule has 2 heterocycles. The SMILES string of the molecule is CNC[C@@H]1OCCCC[C@@H](C)Oc2ccc(NS(=O)(=O)c3c(C)noc3C)cc2C(=O)N([C@H](C)CO)C[C@H]1C. The summed E-state index contributed by atoms with van der Waals surface area (Å²) in [6.45, 7) is 10.1. The van der Waals surface area contributed by atoms with Gasteiger partial charge in [0.05, 0.1) is 30.4 Å². The Morgan fingerprint density at radius 1 is 1.23 bits per heavy atom. The fourth-order valence-electron chi connectivity index (χ4n) is 4.74. The van der Waals surface area contributed by atoms with Crippen LogP contribution in [-0.2, 0) is 14.8 Å². The number of sulfonamides is 1. The van der Waals surface area contributed by atoms with Crippen molar-refractivity contribution in [3.8, 4) is 5.75 Å². The molecule has 39 heavy (non-hydrogen) atoms. The fraction of sp³-hybridized carbons (Fsp3) is 0.630. The molecule has 3 rings (SSSR count). The zero-order valence-electron chi connectivity index (χ0n) is 23.7. The van der Waals surface area contributed by atoms with Crippen LogP contribution in [0.3, 0.4) is 0 Å². The average Bonchev–Trinajstić information content (AvgIpc) is 3.24. The lowest BCUT2D eigenvalue weighted by molar-refractivity contribution is -0.000450. The van der Waals surface area contributed by atoms with Crippen LogP contribution in [0.15, 0.2) is 27.6 Å². The van der Waals surface area contributed by atoms with Crippen molar-refractivity contribution in [2.24, 2.45) is 5.92 Å². The molecule has 2 aromatic rings. The highest BCUT2D eigenvalue weighted by molar-refractivity contribution is 7.92.